The largest absolute Gasteiger partial charge is 0.483 e. The molecule has 0 fully saturated rings. The van der Waals surface area contributed by atoms with Crippen LogP contribution in [0, 0.1) is 13.8 Å². The lowest BCUT2D eigenvalue weighted by Crippen LogP contribution is -2.35. The highest BCUT2D eigenvalue weighted by Crippen LogP contribution is 2.25. The lowest BCUT2D eigenvalue weighted by Gasteiger charge is -2.25. The molecular formula is C23H29N3O2. The number of fused-ring (bicyclic) bond motifs is 1. The number of aromatic nitrogens is 2. The number of para-hydroxylation sites is 2. The fourth-order valence-electron chi connectivity index (χ4n) is 3.38. The molecule has 148 valence electrons. The second kappa shape index (κ2) is 8.46. The van der Waals surface area contributed by atoms with E-state index < -0.39 is 0 Å². The van der Waals surface area contributed by atoms with Crippen LogP contribution in [0.2, 0.25) is 0 Å². The molecule has 0 N–H and O–H groups in total. The number of hydrogen-bond acceptors (Lipinski definition) is 3. The van der Waals surface area contributed by atoms with Gasteiger partial charge >= 0.3 is 0 Å². The third-order valence-electron chi connectivity index (χ3n) is 5.39. The Morgan fingerprint density at radius 2 is 1.93 bits per heavy atom. The van der Waals surface area contributed by atoms with Gasteiger partial charge in [0.25, 0.3) is 5.91 Å². The molecule has 0 saturated carbocycles. The van der Waals surface area contributed by atoms with Gasteiger partial charge in [0.2, 0.25) is 0 Å². The Morgan fingerprint density at radius 3 is 2.68 bits per heavy atom. The monoisotopic (exact) mass is 379 g/mol. The molecular weight excluding hydrogens is 350 g/mol. The van der Waals surface area contributed by atoms with E-state index in [0.29, 0.717) is 0 Å². The summed E-state index contributed by atoms with van der Waals surface area (Å²) < 4.78 is 8.02. The van der Waals surface area contributed by atoms with E-state index >= 15 is 0 Å². The summed E-state index contributed by atoms with van der Waals surface area (Å²) >= 11 is 0. The molecule has 0 saturated heterocycles. The van der Waals surface area contributed by atoms with Crippen LogP contribution >= 0.6 is 0 Å². The van der Waals surface area contributed by atoms with E-state index in [9.17, 15) is 4.79 Å². The Bertz CT molecular complexity index is 977. The molecule has 0 aliphatic heterocycles. The van der Waals surface area contributed by atoms with Crippen LogP contribution in [0.1, 0.15) is 43.3 Å². The zero-order valence-electron chi connectivity index (χ0n) is 17.4. The van der Waals surface area contributed by atoms with Gasteiger partial charge in [0.15, 0.2) is 6.61 Å². The molecule has 28 heavy (non-hydrogen) atoms. The Hall–Kier alpha value is -2.82. The summed E-state index contributed by atoms with van der Waals surface area (Å²) in [6.45, 7) is 9.10. The minimum Gasteiger partial charge on any atom is -0.483 e. The minimum atomic E-state index is -0.145. The maximum atomic E-state index is 12.8. The SMILES string of the molecule is CCCn1c(C(C)N(C)C(=O)COc2cccc(C)c2C)nc2ccccc21. The van der Waals surface area contributed by atoms with Gasteiger partial charge in [-0.1, -0.05) is 31.2 Å². The van der Waals surface area contributed by atoms with Crippen molar-refractivity contribution in [3.05, 3.63) is 59.4 Å². The Kier molecular flexibility index (Phi) is 6.02. The highest BCUT2D eigenvalue weighted by Gasteiger charge is 2.23. The third kappa shape index (κ3) is 3.88. The molecule has 1 aromatic heterocycles. The van der Waals surface area contributed by atoms with Crippen LogP contribution < -0.4 is 4.74 Å². The van der Waals surface area contributed by atoms with Crippen molar-refractivity contribution in [2.24, 2.45) is 0 Å². The molecule has 1 amide bonds. The molecule has 0 aliphatic rings. The van der Waals surface area contributed by atoms with E-state index in [0.717, 1.165) is 46.7 Å². The lowest BCUT2D eigenvalue weighted by molar-refractivity contribution is -0.134. The molecule has 2 aromatic carbocycles. The van der Waals surface area contributed by atoms with Crippen molar-refractivity contribution in [3.63, 3.8) is 0 Å². The van der Waals surface area contributed by atoms with E-state index in [1.807, 2.05) is 64.2 Å². The van der Waals surface area contributed by atoms with Gasteiger partial charge in [-0.3, -0.25) is 4.79 Å². The summed E-state index contributed by atoms with van der Waals surface area (Å²) in [6.07, 6.45) is 1.01. The zero-order valence-corrected chi connectivity index (χ0v) is 17.4. The maximum absolute atomic E-state index is 12.8. The van der Waals surface area contributed by atoms with Crippen molar-refractivity contribution in [2.45, 2.75) is 46.7 Å². The molecule has 3 aromatic rings. The summed E-state index contributed by atoms with van der Waals surface area (Å²) in [4.78, 5) is 19.3. The Balaban J connectivity index is 1.77. The molecule has 1 unspecified atom stereocenters. The first-order chi connectivity index (χ1) is 13.4. The Labute approximate surface area is 166 Å². The summed E-state index contributed by atoms with van der Waals surface area (Å²) in [6, 6.07) is 13.9. The number of imidazole rings is 1. The number of benzene rings is 2. The highest BCUT2D eigenvalue weighted by atomic mass is 16.5. The molecule has 1 atom stereocenters. The first-order valence-corrected chi connectivity index (χ1v) is 9.83. The molecule has 0 radical (unpaired) electrons. The number of nitrogens with zero attached hydrogens (tertiary/aromatic N) is 3. The average Bonchev–Trinajstić information content (AvgIpc) is 3.06. The van der Waals surface area contributed by atoms with Gasteiger partial charge in [0, 0.05) is 13.6 Å². The fraction of sp³-hybridized carbons (Fsp3) is 0.391. The van der Waals surface area contributed by atoms with Gasteiger partial charge < -0.3 is 14.2 Å². The van der Waals surface area contributed by atoms with Crippen molar-refractivity contribution in [1.29, 1.82) is 0 Å². The molecule has 1 heterocycles. The minimum absolute atomic E-state index is 0.0130. The van der Waals surface area contributed by atoms with Crippen molar-refractivity contribution < 1.29 is 9.53 Å². The summed E-state index contributed by atoms with van der Waals surface area (Å²) in [5, 5.41) is 0. The molecule has 0 spiro atoms. The van der Waals surface area contributed by atoms with Crippen LogP contribution in [0.3, 0.4) is 0 Å². The van der Waals surface area contributed by atoms with Crippen LogP contribution in [-0.2, 0) is 11.3 Å². The van der Waals surface area contributed by atoms with E-state index in [-0.39, 0.29) is 18.6 Å². The molecule has 0 bridgehead atoms. The maximum Gasteiger partial charge on any atom is 0.260 e. The van der Waals surface area contributed by atoms with Crippen LogP contribution in [0.5, 0.6) is 5.75 Å². The number of carbonyl (C=O) groups excluding carboxylic acids is 1. The van der Waals surface area contributed by atoms with E-state index in [2.05, 4.69) is 17.6 Å². The van der Waals surface area contributed by atoms with Crippen LogP contribution in [0.4, 0.5) is 0 Å². The van der Waals surface area contributed by atoms with Gasteiger partial charge in [-0.2, -0.15) is 0 Å². The van der Waals surface area contributed by atoms with E-state index in [4.69, 9.17) is 9.72 Å². The predicted molar refractivity (Wildman–Crippen MR) is 113 cm³/mol. The van der Waals surface area contributed by atoms with Crippen LogP contribution in [0.15, 0.2) is 42.5 Å². The smallest absolute Gasteiger partial charge is 0.260 e. The Morgan fingerprint density at radius 1 is 1.18 bits per heavy atom. The fourth-order valence-corrected chi connectivity index (χ4v) is 3.38. The summed E-state index contributed by atoms with van der Waals surface area (Å²) in [5.41, 5.74) is 4.29. The standard InChI is InChI=1S/C23H29N3O2/c1-6-14-26-20-12-8-7-11-19(20)24-23(26)18(4)25(5)22(27)15-28-21-13-9-10-16(2)17(21)3/h7-13,18H,6,14-15H2,1-5H3. The second-order valence-corrected chi connectivity index (χ2v) is 7.28. The van der Waals surface area contributed by atoms with E-state index in [1.165, 1.54) is 0 Å². The molecule has 0 aliphatic carbocycles. The quantitative estimate of drug-likeness (QED) is 0.600. The normalized spacial score (nSPS) is 12.2. The number of likely N-dealkylation sites (N-methyl/N-ethyl adjacent to an activating group) is 1. The number of hydrogen-bond donors (Lipinski definition) is 0. The van der Waals surface area contributed by atoms with Crippen LogP contribution in [0.25, 0.3) is 11.0 Å². The molecule has 5 heteroatoms. The highest BCUT2D eigenvalue weighted by molar-refractivity contribution is 5.79. The van der Waals surface area contributed by atoms with E-state index in [1.54, 1.807) is 4.90 Å². The molecule has 3 rings (SSSR count). The van der Waals surface area contributed by atoms with Crippen LogP contribution in [-0.4, -0.2) is 34.0 Å². The van der Waals surface area contributed by atoms with Gasteiger partial charge in [-0.05, 0) is 56.5 Å². The van der Waals surface area contributed by atoms with Gasteiger partial charge in [-0.25, -0.2) is 4.98 Å². The van der Waals surface area contributed by atoms with Gasteiger partial charge in [-0.15, -0.1) is 0 Å². The zero-order chi connectivity index (χ0) is 20.3. The average molecular weight is 380 g/mol. The topological polar surface area (TPSA) is 47.4 Å². The summed E-state index contributed by atoms with van der Waals surface area (Å²) in [7, 11) is 1.81. The number of rotatable bonds is 7. The number of aryl methyl sites for hydroxylation is 2. The van der Waals surface area contributed by atoms with Crippen molar-refractivity contribution in [3.8, 4) is 5.75 Å². The predicted octanol–water partition coefficient (Wildman–Crippen LogP) is 4.66. The van der Waals surface area contributed by atoms with Gasteiger partial charge in [0.1, 0.15) is 11.6 Å². The van der Waals surface area contributed by atoms with Crippen molar-refractivity contribution in [1.82, 2.24) is 14.5 Å². The first-order valence-electron chi connectivity index (χ1n) is 9.83. The van der Waals surface area contributed by atoms with Crippen molar-refractivity contribution >= 4 is 16.9 Å². The van der Waals surface area contributed by atoms with Crippen molar-refractivity contribution in [2.75, 3.05) is 13.7 Å². The number of carbonyl (C=O) groups is 1. The third-order valence-corrected chi connectivity index (χ3v) is 5.39. The number of ether oxygens (including phenoxy) is 1. The van der Waals surface area contributed by atoms with Gasteiger partial charge in [0.05, 0.1) is 17.1 Å². The lowest BCUT2D eigenvalue weighted by atomic mass is 10.1. The molecule has 5 nitrogen and oxygen atoms in total. The second-order valence-electron chi connectivity index (χ2n) is 7.28. The first kappa shape index (κ1) is 19.9. The number of amides is 1. The summed E-state index contributed by atoms with van der Waals surface area (Å²) in [5.74, 6) is 1.60.